The maximum absolute atomic E-state index is 11.1. The van der Waals surface area contributed by atoms with E-state index in [9.17, 15) is 4.79 Å². The summed E-state index contributed by atoms with van der Waals surface area (Å²) in [6.07, 6.45) is 0. The van der Waals surface area contributed by atoms with Crippen molar-refractivity contribution < 1.29 is 4.74 Å². The standard InChI is InChI=1S/C11H8Cl2N2O2/c12-8-9(13)11(15-14-10(8)16)17-6-7-4-2-1-3-5-7/h1-5H,6H2,(H,14,16). The molecule has 88 valence electrons. The van der Waals surface area contributed by atoms with Crippen molar-refractivity contribution in [2.45, 2.75) is 6.61 Å². The molecule has 0 fully saturated rings. The van der Waals surface area contributed by atoms with Crippen LogP contribution in [0.1, 0.15) is 5.56 Å². The Morgan fingerprint density at radius 2 is 1.88 bits per heavy atom. The Kier molecular flexibility index (Phi) is 3.66. The van der Waals surface area contributed by atoms with Crippen molar-refractivity contribution in [2.75, 3.05) is 0 Å². The largest absolute Gasteiger partial charge is 0.471 e. The van der Waals surface area contributed by atoms with E-state index >= 15 is 0 Å². The number of nitrogens with one attached hydrogen (secondary N) is 1. The van der Waals surface area contributed by atoms with Crippen LogP contribution in [-0.4, -0.2) is 10.2 Å². The molecule has 0 atom stereocenters. The molecule has 0 bridgehead atoms. The third-order valence-corrected chi connectivity index (χ3v) is 2.87. The van der Waals surface area contributed by atoms with Gasteiger partial charge >= 0.3 is 0 Å². The summed E-state index contributed by atoms with van der Waals surface area (Å²) in [4.78, 5) is 11.1. The molecule has 0 aliphatic carbocycles. The molecule has 0 amide bonds. The molecule has 2 aromatic rings. The van der Waals surface area contributed by atoms with Crippen molar-refractivity contribution in [3.63, 3.8) is 0 Å². The summed E-state index contributed by atoms with van der Waals surface area (Å²) in [5, 5.41) is 5.78. The van der Waals surface area contributed by atoms with Gasteiger partial charge in [0.15, 0.2) is 0 Å². The van der Waals surface area contributed by atoms with Crippen molar-refractivity contribution in [1.29, 1.82) is 0 Å². The maximum atomic E-state index is 11.1. The van der Waals surface area contributed by atoms with E-state index in [0.29, 0.717) is 6.61 Å². The fourth-order valence-corrected chi connectivity index (χ4v) is 1.52. The topological polar surface area (TPSA) is 55.0 Å². The van der Waals surface area contributed by atoms with Crippen molar-refractivity contribution in [3.05, 3.63) is 56.3 Å². The van der Waals surface area contributed by atoms with Crippen LogP contribution in [0.2, 0.25) is 10.0 Å². The number of hydrogen-bond acceptors (Lipinski definition) is 3. The number of halogens is 2. The second kappa shape index (κ2) is 5.21. The molecule has 0 spiro atoms. The molecule has 0 unspecified atom stereocenters. The minimum absolute atomic E-state index is 0.0198. The third-order valence-electron chi connectivity index (χ3n) is 2.06. The first-order chi connectivity index (χ1) is 8.18. The summed E-state index contributed by atoms with van der Waals surface area (Å²) in [6, 6.07) is 9.51. The molecule has 0 radical (unpaired) electrons. The van der Waals surface area contributed by atoms with Gasteiger partial charge in [-0.25, -0.2) is 5.10 Å². The second-order valence-corrected chi connectivity index (χ2v) is 4.02. The van der Waals surface area contributed by atoms with Gasteiger partial charge in [-0.2, -0.15) is 0 Å². The van der Waals surface area contributed by atoms with Gasteiger partial charge in [0.25, 0.3) is 11.4 Å². The highest BCUT2D eigenvalue weighted by Gasteiger charge is 2.11. The van der Waals surface area contributed by atoms with Gasteiger partial charge < -0.3 is 4.74 Å². The highest BCUT2D eigenvalue weighted by atomic mass is 35.5. The summed E-state index contributed by atoms with van der Waals surface area (Å²) in [6.45, 7) is 0.302. The SMILES string of the molecule is O=c1[nH]nc(OCc2ccccc2)c(Cl)c1Cl. The van der Waals surface area contributed by atoms with Crippen LogP contribution in [0.25, 0.3) is 0 Å². The van der Waals surface area contributed by atoms with Gasteiger partial charge in [-0.05, 0) is 5.56 Å². The Morgan fingerprint density at radius 1 is 1.18 bits per heavy atom. The van der Waals surface area contributed by atoms with Crippen molar-refractivity contribution in [1.82, 2.24) is 10.2 Å². The molecular weight excluding hydrogens is 263 g/mol. The summed E-state index contributed by atoms with van der Waals surface area (Å²) in [5.41, 5.74) is 0.427. The van der Waals surface area contributed by atoms with Gasteiger partial charge in [0.1, 0.15) is 16.7 Å². The zero-order chi connectivity index (χ0) is 12.3. The first-order valence-electron chi connectivity index (χ1n) is 4.79. The van der Waals surface area contributed by atoms with Gasteiger partial charge in [0.2, 0.25) is 0 Å². The van der Waals surface area contributed by atoms with E-state index in [0.717, 1.165) is 5.56 Å². The summed E-state index contributed by atoms with van der Waals surface area (Å²) < 4.78 is 5.36. The van der Waals surface area contributed by atoms with E-state index in [4.69, 9.17) is 27.9 Å². The molecule has 2 rings (SSSR count). The van der Waals surface area contributed by atoms with Gasteiger partial charge in [-0.1, -0.05) is 53.5 Å². The summed E-state index contributed by atoms with van der Waals surface area (Å²) in [7, 11) is 0. The van der Waals surface area contributed by atoms with Gasteiger partial charge in [-0.15, -0.1) is 5.10 Å². The van der Waals surface area contributed by atoms with E-state index in [1.165, 1.54) is 0 Å². The van der Waals surface area contributed by atoms with Crippen LogP contribution in [0.15, 0.2) is 35.1 Å². The molecule has 1 heterocycles. The number of H-pyrrole nitrogens is 1. The Morgan fingerprint density at radius 3 is 2.59 bits per heavy atom. The van der Waals surface area contributed by atoms with Crippen LogP contribution in [-0.2, 0) is 6.61 Å². The third kappa shape index (κ3) is 2.78. The Hall–Kier alpha value is -1.52. The van der Waals surface area contributed by atoms with Gasteiger partial charge in [-0.3, -0.25) is 4.79 Å². The summed E-state index contributed by atoms with van der Waals surface area (Å²) in [5.74, 6) is 0.111. The normalized spacial score (nSPS) is 10.2. The van der Waals surface area contributed by atoms with Gasteiger partial charge in [0, 0.05) is 0 Å². The van der Waals surface area contributed by atoms with E-state index in [1.54, 1.807) is 0 Å². The first-order valence-corrected chi connectivity index (χ1v) is 5.54. The lowest BCUT2D eigenvalue weighted by atomic mass is 10.2. The smallest absolute Gasteiger partial charge is 0.284 e. The molecular formula is C11H8Cl2N2O2. The number of rotatable bonds is 3. The van der Waals surface area contributed by atoms with E-state index in [2.05, 4.69) is 10.2 Å². The van der Waals surface area contributed by atoms with Crippen LogP contribution in [0.5, 0.6) is 5.88 Å². The molecule has 0 saturated heterocycles. The quantitative estimate of drug-likeness (QED) is 0.933. The monoisotopic (exact) mass is 270 g/mol. The zero-order valence-electron chi connectivity index (χ0n) is 8.61. The van der Waals surface area contributed by atoms with Crippen LogP contribution >= 0.6 is 23.2 Å². The Labute approximate surface area is 107 Å². The fraction of sp³-hybridized carbons (Fsp3) is 0.0909. The Balaban J connectivity index is 2.15. The minimum Gasteiger partial charge on any atom is -0.471 e. The fourth-order valence-electron chi connectivity index (χ4n) is 1.21. The molecule has 0 aliphatic heterocycles. The number of benzene rings is 1. The molecule has 1 aromatic carbocycles. The number of ether oxygens (including phenoxy) is 1. The molecule has 6 heteroatoms. The first kappa shape index (κ1) is 12.0. The average molecular weight is 271 g/mol. The predicted octanol–water partition coefficient (Wildman–Crippen LogP) is 2.66. The molecule has 0 saturated carbocycles. The van der Waals surface area contributed by atoms with Crippen LogP contribution < -0.4 is 10.3 Å². The number of nitrogens with zero attached hydrogens (tertiary/aromatic N) is 1. The number of aromatic nitrogens is 2. The van der Waals surface area contributed by atoms with E-state index < -0.39 is 5.56 Å². The Bertz CT molecular complexity index is 569. The molecule has 17 heavy (non-hydrogen) atoms. The lowest BCUT2D eigenvalue weighted by Crippen LogP contribution is -2.11. The lowest BCUT2D eigenvalue weighted by molar-refractivity contribution is 0.290. The summed E-state index contributed by atoms with van der Waals surface area (Å²) >= 11 is 11.5. The number of aromatic amines is 1. The highest BCUT2D eigenvalue weighted by Crippen LogP contribution is 2.26. The molecule has 0 aliphatic rings. The van der Waals surface area contributed by atoms with Gasteiger partial charge in [0.05, 0.1) is 0 Å². The van der Waals surface area contributed by atoms with Crippen LogP contribution in [0.4, 0.5) is 0 Å². The zero-order valence-corrected chi connectivity index (χ0v) is 10.1. The minimum atomic E-state index is -0.538. The van der Waals surface area contributed by atoms with Crippen molar-refractivity contribution >= 4 is 23.2 Å². The van der Waals surface area contributed by atoms with Crippen molar-refractivity contribution in [3.8, 4) is 5.88 Å². The number of hydrogen-bond donors (Lipinski definition) is 1. The highest BCUT2D eigenvalue weighted by molar-refractivity contribution is 6.42. The van der Waals surface area contributed by atoms with E-state index in [-0.39, 0.29) is 15.9 Å². The molecule has 4 nitrogen and oxygen atoms in total. The van der Waals surface area contributed by atoms with Crippen LogP contribution in [0.3, 0.4) is 0 Å². The molecule has 1 aromatic heterocycles. The average Bonchev–Trinajstić information content (AvgIpc) is 2.36. The second-order valence-electron chi connectivity index (χ2n) is 3.26. The predicted molar refractivity (Wildman–Crippen MR) is 65.7 cm³/mol. The van der Waals surface area contributed by atoms with E-state index in [1.807, 2.05) is 30.3 Å². The molecule has 1 N–H and O–H groups in total. The maximum Gasteiger partial charge on any atom is 0.284 e. The van der Waals surface area contributed by atoms with Crippen LogP contribution in [0, 0.1) is 0 Å². The lowest BCUT2D eigenvalue weighted by Gasteiger charge is -2.06. The van der Waals surface area contributed by atoms with Crippen molar-refractivity contribution in [2.24, 2.45) is 0 Å².